The Labute approximate surface area is 108 Å². The molecule has 1 aromatic carbocycles. The van der Waals surface area contributed by atoms with E-state index in [1.54, 1.807) is 13.3 Å². The highest BCUT2D eigenvalue weighted by molar-refractivity contribution is 5.27. The van der Waals surface area contributed by atoms with Crippen molar-refractivity contribution in [1.82, 2.24) is 4.98 Å². The summed E-state index contributed by atoms with van der Waals surface area (Å²) in [5, 5.41) is 0. The molecule has 0 saturated heterocycles. The van der Waals surface area contributed by atoms with Crippen molar-refractivity contribution in [2.24, 2.45) is 5.73 Å². The Hall–Kier alpha value is -1.87. The Morgan fingerprint density at radius 1 is 1.11 bits per heavy atom. The van der Waals surface area contributed by atoms with Crippen molar-refractivity contribution in [3.8, 4) is 5.75 Å². The number of rotatable bonds is 5. The SMILES string of the molecule is COc1ccc(CC(N)Cc2ccccn2)cc1. The van der Waals surface area contributed by atoms with Crippen molar-refractivity contribution in [1.29, 1.82) is 0 Å². The lowest BCUT2D eigenvalue weighted by Crippen LogP contribution is -2.25. The van der Waals surface area contributed by atoms with Gasteiger partial charge in [-0.2, -0.15) is 0 Å². The maximum atomic E-state index is 6.14. The van der Waals surface area contributed by atoms with Crippen LogP contribution in [0, 0.1) is 0 Å². The largest absolute Gasteiger partial charge is 0.497 e. The van der Waals surface area contributed by atoms with Crippen molar-refractivity contribution in [2.45, 2.75) is 18.9 Å². The summed E-state index contributed by atoms with van der Waals surface area (Å²) in [6, 6.07) is 14.0. The highest BCUT2D eigenvalue weighted by atomic mass is 16.5. The van der Waals surface area contributed by atoms with Gasteiger partial charge in [0, 0.05) is 24.4 Å². The van der Waals surface area contributed by atoms with Crippen molar-refractivity contribution in [3.63, 3.8) is 0 Å². The number of hydrogen-bond acceptors (Lipinski definition) is 3. The molecular weight excluding hydrogens is 224 g/mol. The summed E-state index contributed by atoms with van der Waals surface area (Å²) in [5.74, 6) is 0.872. The van der Waals surface area contributed by atoms with Crippen LogP contribution in [0.4, 0.5) is 0 Å². The van der Waals surface area contributed by atoms with Crippen LogP contribution >= 0.6 is 0 Å². The van der Waals surface area contributed by atoms with E-state index in [0.29, 0.717) is 0 Å². The monoisotopic (exact) mass is 242 g/mol. The summed E-state index contributed by atoms with van der Waals surface area (Å²) in [4.78, 5) is 4.29. The summed E-state index contributed by atoms with van der Waals surface area (Å²) in [5.41, 5.74) is 8.40. The van der Waals surface area contributed by atoms with E-state index in [-0.39, 0.29) is 6.04 Å². The van der Waals surface area contributed by atoms with Gasteiger partial charge < -0.3 is 10.5 Å². The maximum Gasteiger partial charge on any atom is 0.118 e. The fourth-order valence-electron chi connectivity index (χ4n) is 1.92. The zero-order chi connectivity index (χ0) is 12.8. The van der Waals surface area contributed by atoms with E-state index in [2.05, 4.69) is 17.1 Å². The molecule has 3 heteroatoms. The number of benzene rings is 1. The third-order valence-corrected chi connectivity index (χ3v) is 2.85. The standard InChI is InChI=1S/C15H18N2O/c1-18-15-7-5-12(6-8-15)10-13(16)11-14-4-2-3-9-17-14/h2-9,13H,10-11,16H2,1H3. The molecular formula is C15H18N2O. The molecule has 2 rings (SSSR count). The second-order valence-corrected chi connectivity index (χ2v) is 4.34. The predicted molar refractivity (Wildman–Crippen MR) is 72.6 cm³/mol. The lowest BCUT2D eigenvalue weighted by atomic mass is 10.0. The Bertz CT molecular complexity index is 468. The molecule has 0 radical (unpaired) electrons. The molecule has 2 N–H and O–H groups in total. The lowest BCUT2D eigenvalue weighted by Gasteiger charge is -2.11. The highest BCUT2D eigenvalue weighted by Crippen LogP contribution is 2.13. The smallest absolute Gasteiger partial charge is 0.118 e. The van der Waals surface area contributed by atoms with Gasteiger partial charge in [0.2, 0.25) is 0 Å². The first-order chi connectivity index (χ1) is 8.78. The van der Waals surface area contributed by atoms with Gasteiger partial charge in [-0.05, 0) is 36.2 Å². The van der Waals surface area contributed by atoms with Gasteiger partial charge >= 0.3 is 0 Å². The first-order valence-electron chi connectivity index (χ1n) is 6.06. The second-order valence-electron chi connectivity index (χ2n) is 4.34. The molecule has 3 nitrogen and oxygen atoms in total. The molecule has 0 spiro atoms. The quantitative estimate of drug-likeness (QED) is 0.874. The number of nitrogens with two attached hydrogens (primary N) is 1. The minimum absolute atomic E-state index is 0.0910. The number of pyridine rings is 1. The Morgan fingerprint density at radius 3 is 2.50 bits per heavy atom. The van der Waals surface area contributed by atoms with Gasteiger partial charge in [-0.25, -0.2) is 0 Å². The molecule has 0 amide bonds. The zero-order valence-corrected chi connectivity index (χ0v) is 10.5. The Kier molecular flexibility index (Phi) is 4.31. The minimum atomic E-state index is 0.0910. The van der Waals surface area contributed by atoms with Crippen LogP contribution in [0.2, 0.25) is 0 Å². The summed E-state index contributed by atoms with van der Waals surface area (Å²) in [7, 11) is 1.67. The van der Waals surface area contributed by atoms with E-state index in [1.807, 2.05) is 30.3 Å². The Balaban J connectivity index is 1.92. The van der Waals surface area contributed by atoms with Crippen molar-refractivity contribution < 1.29 is 4.74 Å². The lowest BCUT2D eigenvalue weighted by molar-refractivity contribution is 0.414. The fraction of sp³-hybridized carbons (Fsp3) is 0.267. The third kappa shape index (κ3) is 3.57. The van der Waals surface area contributed by atoms with E-state index in [9.17, 15) is 0 Å². The van der Waals surface area contributed by atoms with E-state index in [4.69, 9.17) is 10.5 Å². The number of aromatic nitrogens is 1. The average Bonchev–Trinajstić information content (AvgIpc) is 2.40. The molecule has 0 fully saturated rings. The molecule has 2 aromatic rings. The summed E-state index contributed by atoms with van der Waals surface area (Å²) >= 11 is 0. The summed E-state index contributed by atoms with van der Waals surface area (Å²) < 4.78 is 5.13. The summed E-state index contributed by atoms with van der Waals surface area (Å²) in [6.07, 6.45) is 3.45. The molecule has 0 aliphatic rings. The zero-order valence-electron chi connectivity index (χ0n) is 10.5. The van der Waals surface area contributed by atoms with Crippen LogP contribution in [0.1, 0.15) is 11.3 Å². The maximum absolute atomic E-state index is 6.14. The number of methoxy groups -OCH3 is 1. The molecule has 0 aliphatic heterocycles. The molecule has 0 saturated carbocycles. The molecule has 0 aliphatic carbocycles. The van der Waals surface area contributed by atoms with E-state index in [0.717, 1.165) is 24.3 Å². The van der Waals surface area contributed by atoms with Gasteiger partial charge in [0.15, 0.2) is 0 Å². The minimum Gasteiger partial charge on any atom is -0.497 e. The molecule has 1 heterocycles. The molecule has 0 bridgehead atoms. The van der Waals surface area contributed by atoms with Crippen molar-refractivity contribution in [3.05, 3.63) is 59.9 Å². The normalized spacial score (nSPS) is 12.1. The topological polar surface area (TPSA) is 48.1 Å². The van der Waals surface area contributed by atoms with Crippen LogP contribution in [-0.2, 0) is 12.8 Å². The third-order valence-electron chi connectivity index (χ3n) is 2.85. The van der Waals surface area contributed by atoms with E-state index < -0.39 is 0 Å². The molecule has 1 unspecified atom stereocenters. The molecule has 1 atom stereocenters. The van der Waals surface area contributed by atoms with Crippen LogP contribution in [0.5, 0.6) is 5.75 Å². The van der Waals surface area contributed by atoms with Crippen LogP contribution in [0.15, 0.2) is 48.7 Å². The second kappa shape index (κ2) is 6.17. The van der Waals surface area contributed by atoms with E-state index in [1.165, 1.54) is 5.56 Å². The molecule has 1 aromatic heterocycles. The van der Waals surface area contributed by atoms with Crippen LogP contribution in [-0.4, -0.2) is 18.1 Å². The van der Waals surface area contributed by atoms with Crippen LogP contribution < -0.4 is 10.5 Å². The molecule has 18 heavy (non-hydrogen) atoms. The van der Waals surface area contributed by atoms with Gasteiger partial charge in [0.1, 0.15) is 5.75 Å². The van der Waals surface area contributed by atoms with Gasteiger partial charge in [-0.3, -0.25) is 4.98 Å². The predicted octanol–water partition coefficient (Wildman–Crippen LogP) is 2.20. The fourth-order valence-corrected chi connectivity index (χ4v) is 1.92. The number of ether oxygens (including phenoxy) is 1. The van der Waals surface area contributed by atoms with Crippen LogP contribution in [0.3, 0.4) is 0 Å². The Morgan fingerprint density at radius 2 is 1.89 bits per heavy atom. The summed E-state index contributed by atoms with van der Waals surface area (Å²) in [6.45, 7) is 0. The van der Waals surface area contributed by atoms with Gasteiger partial charge in [-0.1, -0.05) is 18.2 Å². The average molecular weight is 242 g/mol. The van der Waals surface area contributed by atoms with Crippen molar-refractivity contribution >= 4 is 0 Å². The number of nitrogens with zero attached hydrogens (tertiary/aromatic N) is 1. The van der Waals surface area contributed by atoms with Gasteiger partial charge in [-0.15, -0.1) is 0 Å². The van der Waals surface area contributed by atoms with Gasteiger partial charge in [0.05, 0.1) is 7.11 Å². The van der Waals surface area contributed by atoms with Gasteiger partial charge in [0.25, 0.3) is 0 Å². The number of hydrogen-bond donors (Lipinski definition) is 1. The van der Waals surface area contributed by atoms with Crippen molar-refractivity contribution in [2.75, 3.05) is 7.11 Å². The van der Waals surface area contributed by atoms with E-state index >= 15 is 0 Å². The molecule has 94 valence electrons. The van der Waals surface area contributed by atoms with Crippen LogP contribution in [0.25, 0.3) is 0 Å². The first kappa shape index (κ1) is 12.6. The first-order valence-corrected chi connectivity index (χ1v) is 6.06. The highest BCUT2D eigenvalue weighted by Gasteiger charge is 2.06.